The SMILES string of the molecule is Cc1cccc(NC(=O)[C@@H](C)N(c2ccc(F)c(F)c2)S(C)(=O)=O)c1. The Labute approximate surface area is 145 Å². The summed E-state index contributed by atoms with van der Waals surface area (Å²) in [7, 11) is -3.91. The number of carbonyl (C=O) groups is 1. The first kappa shape index (κ1) is 18.9. The maximum Gasteiger partial charge on any atom is 0.247 e. The minimum absolute atomic E-state index is 0.131. The van der Waals surface area contributed by atoms with Gasteiger partial charge < -0.3 is 5.32 Å². The number of anilines is 2. The molecule has 25 heavy (non-hydrogen) atoms. The number of halogens is 2. The predicted octanol–water partition coefficient (Wildman–Crippen LogP) is 3.07. The molecule has 0 unspecified atom stereocenters. The molecule has 8 heteroatoms. The fraction of sp³-hybridized carbons (Fsp3) is 0.235. The summed E-state index contributed by atoms with van der Waals surface area (Å²) in [5, 5.41) is 2.62. The molecule has 0 aliphatic heterocycles. The molecule has 0 heterocycles. The molecule has 1 N–H and O–H groups in total. The van der Waals surface area contributed by atoms with Crippen LogP contribution in [-0.2, 0) is 14.8 Å². The number of aryl methyl sites for hydroxylation is 1. The molecule has 134 valence electrons. The van der Waals surface area contributed by atoms with Gasteiger partial charge in [0.1, 0.15) is 6.04 Å². The third kappa shape index (κ3) is 4.54. The number of carbonyl (C=O) groups excluding carboxylic acids is 1. The number of nitrogens with one attached hydrogen (secondary N) is 1. The summed E-state index contributed by atoms with van der Waals surface area (Å²) in [4.78, 5) is 12.5. The lowest BCUT2D eigenvalue weighted by atomic mass is 10.2. The van der Waals surface area contributed by atoms with Crippen molar-refractivity contribution >= 4 is 27.3 Å². The summed E-state index contributed by atoms with van der Waals surface area (Å²) >= 11 is 0. The predicted molar refractivity (Wildman–Crippen MR) is 93.0 cm³/mol. The third-order valence-electron chi connectivity index (χ3n) is 3.53. The first-order chi connectivity index (χ1) is 11.6. The molecule has 2 aromatic carbocycles. The van der Waals surface area contributed by atoms with Crippen LogP contribution in [0.15, 0.2) is 42.5 Å². The molecule has 2 rings (SSSR count). The van der Waals surface area contributed by atoms with E-state index in [1.165, 1.54) is 6.92 Å². The van der Waals surface area contributed by atoms with Gasteiger partial charge in [-0.05, 0) is 43.7 Å². The number of rotatable bonds is 5. The molecular weight excluding hydrogens is 350 g/mol. The van der Waals surface area contributed by atoms with E-state index in [1.807, 2.05) is 13.0 Å². The van der Waals surface area contributed by atoms with E-state index in [0.29, 0.717) is 5.69 Å². The summed E-state index contributed by atoms with van der Waals surface area (Å²) in [5.41, 5.74) is 1.30. The van der Waals surface area contributed by atoms with Gasteiger partial charge in [-0.2, -0.15) is 0 Å². The first-order valence-corrected chi connectivity index (χ1v) is 9.26. The zero-order valence-electron chi connectivity index (χ0n) is 14.0. The van der Waals surface area contributed by atoms with Crippen LogP contribution in [-0.4, -0.2) is 26.6 Å². The molecule has 5 nitrogen and oxygen atoms in total. The van der Waals surface area contributed by atoms with E-state index in [-0.39, 0.29) is 5.69 Å². The van der Waals surface area contributed by atoms with Crippen LogP contribution in [0.4, 0.5) is 20.2 Å². The second-order valence-electron chi connectivity index (χ2n) is 5.69. The second kappa shape index (κ2) is 7.18. The van der Waals surface area contributed by atoms with Crippen molar-refractivity contribution in [2.45, 2.75) is 19.9 Å². The number of hydrogen-bond donors (Lipinski definition) is 1. The second-order valence-corrected chi connectivity index (χ2v) is 7.55. The lowest BCUT2D eigenvalue weighted by molar-refractivity contribution is -0.116. The maximum atomic E-state index is 13.5. The monoisotopic (exact) mass is 368 g/mol. The molecule has 1 amide bonds. The third-order valence-corrected chi connectivity index (χ3v) is 4.77. The van der Waals surface area contributed by atoms with Crippen LogP contribution in [0.3, 0.4) is 0 Å². The maximum absolute atomic E-state index is 13.5. The van der Waals surface area contributed by atoms with Gasteiger partial charge in [-0.3, -0.25) is 9.10 Å². The largest absolute Gasteiger partial charge is 0.324 e. The Morgan fingerprint density at radius 3 is 2.36 bits per heavy atom. The van der Waals surface area contributed by atoms with Crippen LogP contribution in [0.2, 0.25) is 0 Å². The van der Waals surface area contributed by atoms with Gasteiger partial charge in [-0.25, -0.2) is 17.2 Å². The quantitative estimate of drug-likeness (QED) is 0.882. The summed E-state index contributed by atoms with van der Waals surface area (Å²) < 4.78 is 51.6. The molecule has 2 aromatic rings. The van der Waals surface area contributed by atoms with E-state index < -0.39 is 33.6 Å². The van der Waals surface area contributed by atoms with Crippen LogP contribution in [0.25, 0.3) is 0 Å². The van der Waals surface area contributed by atoms with E-state index in [2.05, 4.69) is 5.32 Å². The number of benzene rings is 2. The van der Waals surface area contributed by atoms with Gasteiger partial charge in [-0.1, -0.05) is 12.1 Å². The average Bonchev–Trinajstić information content (AvgIpc) is 2.49. The van der Waals surface area contributed by atoms with E-state index in [0.717, 1.165) is 34.3 Å². The molecule has 0 bridgehead atoms. The molecule has 0 fully saturated rings. The Bertz CT molecular complexity index is 901. The molecule has 0 radical (unpaired) electrons. The van der Waals surface area contributed by atoms with E-state index in [1.54, 1.807) is 18.2 Å². The van der Waals surface area contributed by atoms with Crippen LogP contribution in [0.1, 0.15) is 12.5 Å². The number of nitrogens with zero attached hydrogens (tertiary/aromatic N) is 1. The van der Waals surface area contributed by atoms with Gasteiger partial charge in [0.25, 0.3) is 0 Å². The van der Waals surface area contributed by atoms with Crippen LogP contribution < -0.4 is 9.62 Å². The Balaban J connectivity index is 2.34. The first-order valence-electron chi connectivity index (χ1n) is 7.41. The standard InChI is InChI=1S/C17H18F2N2O3S/c1-11-5-4-6-13(9-11)20-17(22)12(2)21(25(3,23)24)14-7-8-15(18)16(19)10-14/h4-10,12H,1-3H3,(H,20,22)/t12-/m1/s1. The van der Waals surface area contributed by atoms with Crippen LogP contribution in [0, 0.1) is 18.6 Å². The highest BCUT2D eigenvalue weighted by molar-refractivity contribution is 7.92. The van der Waals surface area contributed by atoms with Gasteiger partial charge in [0.2, 0.25) is 15.9 Å². The van der Waals surface area contributed by atoms with Crippen LogP contribution in [0.5, 0.6) is 0 Å². The molecule has 1 atom stereocenters. The number of sulfonamides is 1. The zero-order chi connectivity index (χ0) is 18.8. The van der Waals surface area contributed by atoms with Crippen molar-refractivity contribution in [1.29, 1.82) is 0 Å². The van der Waals surface area contributed by atoms with E-state index in [9.17, 15) is 22.0 Å². The summed E-state index contributed by atoms with van der Waals surface area (Å²) in [5.74, 6) is -2.90. The van der Waals surface area contributed by atoms with Crippen molar-refractivity contribution in [3.8, 4) is 0 Å². The van der Waals surface area contributed by atoms with Gasteiger partial charge in [0.05, 0.1) is 11.9 Å². The van der Waals surface area contributed by atoms with Gasteiger partial charge in [0, 0.05) is 11.8 Å². The minimum Gasteiger partial charge on any atom is -0.324 e. The van der Waals surface area contributed by atoms with Gasteiger partial charge in [-0.15, -0.1) is 0 Å². The Kier molecular flexibility index (Phi) is 5.42. The Hall–Kier alpha value is -2.48. The highest BCUT2D eigenvalue weighted by atomic mass is 32.2. The zero-order valence-corrected chi connectivity index (χ0v) is 14.8. The molecule has 0 saturated carbocycles. The summed E-state index contributed by atoms with van der Waals surface area (Å²) in [6.45, 7) is 3.22. The fourth-order valence-electron chi connectivity index (χ4n) is 2.40. The van der Waals surface area contributed by atoms with Crippen molar-refractivity contribution < 1.29 is 22.0 Å². The van der Waals surface area contributed by atoms with Crippen molar-refractivity contribution in [2.75, 3.05) is 15.9 Å². The van der Waals surface area contributed by atoms with Crippen LogP contribution >= 0.6 is 0 Å². The fourth-order valence-corrected chi connectivity index (χ4v) is 3.57. The van der Waals surface area contributed by atoms with E-state index in [4.69, 9.17) is 0 Å². The molecule has 0 spiro atoms. The normalized spacial score (nSPS) is 12.5. The van der Waals surface area contributed by atoms with Crippen molar-refractivity contribution in [1.82, 2.24) is 0 Å². The van der Waals surface area contributed by atoms with Crippen molar-refractivity contribution in [3.05, 3.63) is 59.7 Å². The molecule has 0 aromatic heterocycles. The number of amides is 1. The highest BCUT2D eigenvalue weighted by Gasteiger charge is 2.29. The van der Waals surface area contributed by atoms with Gasteiger partial charge in [0.15, 0.2) is 11.6 Å². The molecule has 0 aliphatic rings. The van der Waals surface area contributed by atoms with Crippen molar-refractivity contribution in [2.24, 2.45) is 0 Å². The van der Waals surface area contributed by atoms with E-state index >= 15 is 0 Å². The Morgan fingerprint density at radius 1 is 1.12 bits per heavy atom. The lowest BCUT2D eigenvalue weighted by Crippen LogP contribution is -2.45. The lowest BCUT2D eigenvalue weighted by Gasteiger charge is -2.28. The minimum atomic E-state index is -3.91. The van der Waals surface area contributed by atoms with Crippen molar-refractivity contribution in [3.63, 3.8) is 0 Å². The molecular formula is C17H18F2N2O3S. The smallest absolute Gasteiger partial charge is 0.247 e. The van der Waals surface area contributed by atoms with Gasteiger partial charge >= 0.3 is 0 Å². The summed E-state index contributed by atoms with van der Waals surface area (Å²) in [6, 6.07) is 8.49. The topological polar surface area (TPSA) is 66.5 Å². The highest BCUT2D eigenvalue weighted by Crippen LogP contribution is 2.24. The average molecular weight is 368 g/mol. The summed E-state index contributed by atoms with van der Waals surface area (Å²) in [6.07, 6.45) is 0.894. The molecule has 0 saturated heterocycles. The number of hydrogen-bond acceptors (Lipinski definition) is 3. The Morgan fingerprint density at radius 2 is 1.80 bits per heavy atom. The molecule has 0 aliphatic carbocycles.